The Balaban J connectivity index is 1.11. The largest absolute Gasteiger partial charge is 0.507 e. The predicted molar refractivity (Wildman–Crippen MR) is 190 cm³/mol. The van der Waals surface area contributed by atoms with E-state index >= 15 is 0 Å². The van der Waals surface area contributed by atoms with E-state index < -0.39 is 41.5 Å². The molecule has 4 aliphatic rings. The molecule has 0 aliphatic carbocycles. The number of carbonyl (C=O) groups is 5. The van der Waals surface area contributed by atoms with Crippen LogP contribution in [0.5, 0.6) is 5.75 Å². The predicted octanol–water partition coefficient (Wildman–Crippen LogP) is 3.85. The second kappa shape index (κ2) is 15.4. The maximum absolute atomic E-state index is 14.2. The Labute approximate surface area is 303 Å². The molecular weight excluding hydrogens is 670 g/mol. The van der Waals surface area contributed by atoms with Gasteiger partial charge in [0.25, 0.3) is 5.91 Å². The molecule has 1 atom stereocenters. The number of piperidine rings is 3. The molecule has 6 rings (SSSR count). The Hall–Kier alpha value is -4.85. The van der Waals surface area contributed by atoms with Gasteiger partial charge in [-0.2, -0.15) is 0 Å². The van der Waals surface area contributed by atoms with Crippen molar-refractivity contribution >= 4 is 35.7 Å². The van der Waals surface area contributed by atoms with Crippen LogP contribution in [0.15, 0.2) is 36.4 Å². The number of aromatic hydroxyl groups is 1. The van der Waals surface area contributed by atoms with Crippen LogP contribution in [-0.2, 0) is 32.0 Å². The number of likely N-dealkylation sites (tertiary alicyclic amines) is 3. The van der Waals surface area contributed by atoms with E-state index in [1.807, 2.05) is 34.1 Å². The lowest BCUT2D eigenvalue weighted by Crippen LogP contribution is -2.63. The van der Waals surface area contributed by atoms with E-state index in [4.69, 9.17) is 4.74 Å². The number of rotatable bonds is 8. The molecule has 0 aromatic heterocycles. The van der Waals surface area contributed by atoms with E-state index in [1.165, 1.54) is 0 Å². The first-order chi connectivity index (χ1) is 24.9. The van der Waals surface area contributed by atoms with Crippen LogP contribution < -0.4 is 5.32 Å². The minimum atomic E-state index is -1.21. The van der Waals surface area contributed by atoms with Gasteiger partial charge in [0.2, 0.25) is 0 Å². The second-order valence-electron chi connectivity index (χ2n) is 14.7. The molecule has 4 amide bonds. The zero-order valence-corrected chi connectivity index (χ0v) is 29.9. The molecule has 3 saturated heterocycles. The maximum Gasteiger partial charge on any atom is 0.410 e. The summed E-state index contributed by atoms with van der Waals surface area (Å²) in [6.45, 7) is 5.77. The zero-order chi connectivity index (χ0) is 37.2. The molecule has 4 N–H and O–H groups in total. The number of aliphatic carboxylic acids is 2. The van der Waals surface area contributed by atoms with Crippen LogP contribution in [0, 0.1) is 19.8 Å². The number of nitrogens with one attached hydrogen (secondary N) is 1. The molecule has 0 radical (unpaired) electrons. The van der Waals surface area contributed by atoms with Gasteiger partial charge >= 0.3 is 24.1 Å². The number of ether oxygens (including phenoxy) is 1. The fourth-order valence-electron chi connectivity index (χ4n) is 8.37. The molecule has 0 spiro atoms. The van der Waals surface area contributed by atoms with Crippen molar-refractivity contribution in [3.8, 4) is 5.75 Å². The van der Waals surface area contributed by atoms with Gasteiger partial charge < -0.3 is 40.1 Å². The molecule has 2 aromatic rings. The molecule has 2 aromatic carbocycles. The van der Waals surface area contributed by atoms with Gasteiger partial charge in [-0.1, -0.05) is 30.3 Å². The molecule has 4 aliphatic heterocycles. The van der Waals surface area contributed by atoms with Crippen LogP contribution in [0.3, 0.4) is 0 Å². The first kappa shape index (κ1) is 36.9. The summed E-state index contributed by atoms with van der Waals surface area (Å²) in [6, 6.07) is 11.1. The number of fused-ring (bicyclic) bond motifs is 1. The summed E-state index contributed by atoms with van der Waals surface area (Å²) in [5.41, 5.74) is 2.65. The average Bonchev–Trinajstić information content (AvgIpc) is 3.31. The van der Waals surface area contributed by atoms with Gasteiger partial charge in [-0.05, 0) is 87.1 Å². The van der Waals surface area contributed by atoms with Crippen molar-refractivity contribution < 1.29 is 44.0 Å². The van der Waals surface area contributed by atoms with Crippen molar-refractivity contribution in [3.63, 3.8) is 0 Å². The van der Waals surface area contributed by atoms with E-state index in [-0.39, 0.29) is 50.2 Å². The number of anilines is 1. The molecule has 14 heteroatoms. The highest BCUT2D eigenvalue weighted by molar-refractivity contribution is 5.91. The number of carboxylic acids is 2. The topological polar surface area (TPSA) is 180 Å². The number of phenolic OH excluding ortho intramolecular Hbond substituents is 1. The molecule has 280 valence electrons. The number of carbonyl (C=O) groups excluding carboxylic acids is 3. The zero-order valence-electron chi connectivity index (χ0n) is 29.9. The Morgan fingerprint density at radius 1 is 0.885 bits per heavy atom. The van der Waals surface area contributed by atoms with E-state index in [0.717, 1.165) is 17.7 Å². The van der Waals surface area contributed by atoms with Gasteiger partial charge in [-0.25, -0.2) is 9.59 Å². The van der Waals surface area contributed by atoms with E-state index in [9.17, 15) is 39.3 Å². The van der Waals surface area contributed by atoms with Crippen LogP contribution in [0.25, 0.3) is 0 Å². The Kier molecular flexibility index (Phi) is 10.9. The third kappa shape index (κ3) is 7.67. The Bertz CT molecular complexity index is 1670. The second-order valence-corrected chi connectivity index (χ2v) is 14.7. The van der Waals surface area contributed by atoms with Gasteiger partial charge in [0.1, 0.15) is 11.3 Å². The standard InChI is InChI=1S/C38H49N5O9/c1-24-21-26(22-25(2)32(24)44)23-31(33(45)40-19-12-38(13-20-40,35(48)49)42-16-7-28(8-17-42)34(46)47)52-37(51)41-14-10-29(11-15-41)43-18-9-27-5-3-4-6-30(27)39-36(43)50/h3-6,21-22,28-29,31,44H,7-20,23H2,1-2H3,(H,39,50)(H,46,47)(H,48,49)/t31-/m1/s1. The summed E-state index contributed by atoms with van der Waals surface area (Å²) in [6.07, 6.45) is 1.15. The number of phenols is 1. The smallest absolute Gasteiger partial charge is 0.410 e. The van der Waals surface area contributed by atoms with Crippen molar-refractivity contribution in [3.05, 3.63) is 58.7 Å². The minimum absolute atomic E-state index is 0.0588. The van der Waals surface area contributed by atoms with Crippen molar-refractivity contribution in [2.75, 3.05) is 51.1 Å². The van der Waals surface area contributed by atoms with E-state index in [0.29, 0.717) is 75.1 Å². The highest BCUT2D eigenvalue weighted by Gasteiger charge is 2.49. The lowest BCUT2D eigenvalue weighted by molar-refractivity contribution is -0.161. The van der Waals surface area contributed by atoms with Gasteiger partial charge in [-0.3, -0.25) is 19.3 Å². The summed E-state index contributed by atoms with van der Waals surface area (Å²) in [5, 5.41) is 33.2. The molecule has 0 saturated carbocycles. The highest BCUT2D eigenvalue weighted by Crippen LogP contribution is 2.34. The third-order valence-electron chi connectivity index (χ3n) is 11.5. The van der Waals surface area contributed by atoms with Gasteiger partial charge in [0, 0.05) is 64.0 Å². The summed E-state index contributed by atoms with van der Waals surface area (Å²) in [5.74, 6) is -2.62. The van der Waals surface area contributed by atoms with Crippen LogP contribution >= 0.6 is 0 Å². The van der Waals surface area contributed by atoms with Crippen molar-refractivity contribution in [2.45, 2.75) is 82.9 Å². The van der Waals surface area contributed by atoms with E-state index in [2.05, 4.69) is 5.32 Å². The van der Waals surface area contributed by atoms with Crippen molar-refractivity contribution in [1.29, 1.82) is 0 Å². The minimum Gasteiger partial charge on any atom is -0.507 e. The number of hydrogen-bond acceptors (Lipinski definition) is 8. The number of benzene rings is 2. The van der Waals surface area contributed by atoms with Crippen LogP contribution in [0.4, 0.5) is 15.3 Å². The van der Waals surface area contributed by atoms with Crippen molar-refractivity contribution in [2.24, 2.45) is 5.92 Å². The number of carboxylic acid groups (broad SMARTS) is 2. The number of amides is 4. The molecule has 4 heterocycles. The summed E-state index contributed by atoms with van der Waals surface area (Å²) >= 11 is 0. The normalized spacial score (nSPS) is 20.7. The monoisotopic (exact) mass is 719 g/mol. The average molecular weight is 720 g/mol. The van der Waals surface area contributed by atoms with Crippen LogP contribution in [0.2, 0.25) is 0 Å². The molecule has 0 unspecified atom stereocenters. The number of hydrogen-bond donors (Lipinski definition) is 4. The highest BCUT2D eigenvalue weighted by atomic mass is 16.6. The molecule has 14 nitrogen and oxygen atoms in total. The Morgan fingerprint density at radius 2 is 1.52 bits per heavy atom. The summed E-state index contributed by atoms with van der Waals surface area (Å²) in [4.78, 5) is 71.9. The fourth-order valence-corrected chi connectivity index (χ4v) is 8.37. The lowest BCUT2D eigenvalue weighted by atomic mass is 9.82. The molecular formula is C38H49N5O9. The van der Waals surface area contributed by atoms with E-state index in [1.54, 1.807) is 35.8 Å². The Morgan fingerprint density at radius 3 is 2.13 bits per heavy atom. The number of aryl methyl sites for hydroxylation is 2. The molecule has 52 heavy (non-hydrogen) atoms. The SMILES string of the molecule is Cc1cc(C[C@@H](OC(=O)N2CCC(N3CCc4ccccc4NC3=O)CC2)C(=O)N2CCC(C(=O)O)(N3CCC(C(=O)O)CC3)CC2)cc(C)c1O. The van der Waals surface area contributed by atoms with Crippen molar-refractivity contribution in [1.82, 2.24) is 19.6 Å². The maximum atomic E-state index is 14.2. The number of urea groups is 1. The first-order valence-electron chi connectivity index (χ1n) is 18.3. The third-order valence-corrected chi connectivity index (χ3v) is 11.5. The van der Waals surface area contributed by atoms with Gasteiger partial charge in [0.05, 0.1) is 5.92 Å². The van der Waals surface area contributed by atoms with Crippen LogP contribution in [0.1, 0.15) is 60.8 Å². The quantitative estimate of drug-likeness (QED) is 0.313. The van der Waals surface area contributed by atoms with Gasteiger partial charge in [-0.15, -0.1) is 0 Å². The summed E-state index contributed by atoms with van der Waals surface area (Å²) < 4.78 is 5.99. The summed E-state index contributed by atoms with van der Waals surface area (Å²) in [7, 11) is 0. The lowest BCUT2D eigenvalue weighted by Gasteiger charge is -2.48. The molecule has 0 bridgehead atoms. The number of para-hydroxylation sites is 1. The van der Waals surface area contributed by atoms with Gasteiger partial charge in [0.15, 0.2) is 6.10 Å². The number of nitrogens with zero attached hydrogens (tertiary/aromatic N) is 4. The fraction of sp³-hybridized carbons (Fsp3) is 0.553. The van der Waals surface area contributed by atoms with Crippen LogP contribution in [-0.4, -0.2) is 128 Å². The first-order valence-corrected chi connectivity index (χ1v) is 18.3. The molecule has 3 fully saturated rings.